The van der Waals surface area contributed by atoms with E-state index in [0.29, 0.717) is 11.8 Å². The summed E-state index contributed by atoms with van der Waals surface area (Å²) >= 11 is 0.706. The van der Waals surface area contributed by atoms with Gasteiger partial charge >= 0.3 is 13.6 Å². The quantitative estimate of drug-likeness (QED) is 0.532. The highest BCUT2D eigenvalue weighted by Crippen LogP contribution is 2.38. The Morgan fingerprint density at radius 3 is 2.30 bits per heavy atom. The Morgan fingerprint density at radius 1 is 1.50 bits per heavy atom. The van der Waals surface area contributed by atoms with Crippen molar-refractivity contribution >= 4 is 25.3 Å². The molecule has 0 aromatic heterocycles. The molecule has 0 rings (SSSR count). The Balaban J connectivity index is 3.39. The second-order valence-corrected chi connectivity index (χ2v) is 4.60. The summed E-state index contributed by atoms with van der Waals surface area (Å²) in [6.45, 7) is 0. The zero-order valence-electron chi connectivity index (χ0n) is 4.93. The van der Waals surface area contributed by atoms with E-state index in [9.17, 15) is 9.36 Å². The van der Waals surface area contributed by atoms with Crippen molar-refractivity contribution in [3.63, 3.8) is 0 Å². The van der Waals surface area contributed by atoms with E-state index in [1.54, 1.807) is 0 Å². The Kier molecular flexibility index (Phi) is 3.96. The third-order valence-corrected chi connectivity index (χ3v) is 3.01. The summed E-state index contributed by atoms with van der Waals surface area (Å²) in [6, 6.07) is 0. The monoisotopic (exact) mass is 186 g/mol. The minimum Gasteiger partial charge on any atom is -0.481 e. The fraction of sp³-hybridized carbons (Fsp3) is 0.667. The van der Waals surface area contributed by atoms with Gasteiger partial charge in [-0.2, -0.15) is 0 Å². The molecule has 10 heavy (non-hydrogen) atoms. The van der Waals surface area contributed by atoms with Crippen LogP contribution >= 0.6 is 19.4 Å². The zero-order chi connectivity index (χ0) is 8.20. The molecule has 0 aliphatic carbocycles. The number of carbonyl (C=O) groups is 1. The summed E-state index contributed by atoms with van der Waals surface area (Å²) in [4.78, 5) is 26.3. The van der Waals surface area contributed by atoms with Crippen molar-refractivity contribution in [1.29, 1.82) is 0 Å². The standard InChI is InChI=1S/C3H7O5PS/c4-3(5)1-10-2-9(6,7)8/h1-2H2,(H,4,5)(H2,6,7,8). The maximum absolute atomic E-state index is 10.1. The Morgan fingerprint density at radius 2 is 2.00 bits per heavy atom. The lowest BCUT2D eigenvalue weighted by Crippen LogP contribution is -1.98. The third kappa shape index (κ3) is 7.97. The molecule has 0 radical (unpaired) electrons. The van der Waals surface area contributed by atoms with Crippen LogP contribution in [0, 0.1) is 0 Å². The van der Waals surface area contributed by atoms with Gasteiger partial charge in [-0.15, -0.1) is 11.8 Å². The molecule has 0 saturated carbocycles. The van der Waals surface area contributed by atoms with E-state index in [1.807, 2.05) is 0 Å². The van der Waals surface area contributed by atoms with Crippen molar-refractivity contribution < 1.29 is 24.3 Å². The lowest BCUT2D eigenvalue weighted by molar-refractivity contribution is -0.133. The molecule has 0 unspecified atom stereocenters. The molecule has 0 atom stereocenters. The van der Waals surface area contributed by atoms with Gasteiger partial charge in [-0.1, -0.05) is 0 Å². The maximum Gasteiger partial charge on any atom is 0.335 e. The molecule has 0 aliphatic rings. The van der Waals surface area contributed by atoms with Crippen LogP contribution in [0.4, 0.5) is 0 Å². The molecule has 0 spiro atoms. The lowest BCUT2D eigenvalue weighted by atomic mass is 10.8. The number of rotatable bonds is 4. The number of aliphatic carboxylic acids is 1. The molecule has 0 aromatic carbocycles. The highest BCUT2D eigenvalue weighted by Gasteiger charge is 2.12. The van der Waals surface area contributed by atoms with Gasteiger partial charge < -0.3 is 14.9 Å². The molecule has 5 nitrogen and oxygen atoms in total. The van der Waals surface area contributed by atoms with Gasteiger partial charge in [0.2, 0.25) is 0 Å². The molecular weight excluding hydrogens is 179 g/mol. The first-order chi connectivity index (χ1) is 4.42. The van der Waals surface area contributed by atoms with Gasteiger partial charge in [0, 0.05) is 0 Å². The number of thioether (sulfide) groups is 1. The van der Waals surface area contributed by atoms with Gasteiger partial charge in [-0.25, -0.2) is 0 Å². The summed E-state index contributed by atoms with van der Waals surface area (Å²) < 4.78 is 10.1. The minimum atomic E-state index is -4.02. The average Bonchev–Trinajstić information content (AvgIpc) is 1.59. The zero-order valence-corrected chi connectivity index (χ0v) is 6.64. The maximum atomic E-state index is 10.1. The van der Waals surface area contributed by atoms with Crippen LogP contribution in [0.25, 0.3) is 0 Å². The van der Waals surface area contributed by atoms with Crippen molar-refractivity contribution in [1.82, 2.24) is 0 Å². The van der Waals surface area contributed by atoms with Gasteiger partial charge in [0.05, 0.1) is 11.2 Å². The van der Waals surface area contributed by atoms with Crippen molar-refractivity contribution in [3.8, 4) is 0 Å². The lowest BCUT2D eigenvalue weighted by Gasteiger charge is -1.99. The second kappa shape index (κ2) is 3.98. The van der Waals surface area contributed by atoms with Crippen LogP contribution in [-0.4, -0.2) is 32.1 Å². The highest BCUT2D eigenvalue weighted by molar-refractivity contribution is 8.04. The summed E-state index contributed by atoms with van der Waals surface area (Å²) in [5, 5.41) is 8.04. The number of hydrogen-bond donors (Lipinski definition) is 3. The van der Waals surface area contributed by atoms with E-state index < -0.39 is 19.1 Å². The third-order valence-electron chi connectivity index (χ3n) is 0.485. The molecule has 0 heterocycles. The molecule has 3 N–H and O–H groups in total. The number of carboxylic acid groups (broad SMARTS) is 1. The first kappa shape index (κ1) is 9.97. The van der Waals surface area contributed by atoms with Gasteiger partial charge in [0.15, 0.2) is 0 Å². The summed E-state index contributed by atoms with van der Waals surface area (Å²) in [5.41, 5.74) is -0.431. The van der Waals surface area contributed by atoms with Crippen LogP contribution in [0.15, 0.2) is 0 Å². The fourth-order valence-corrected chi connectivity index (χ4v) is 1.74. The molecule has 0 bridgehead atoms. The van der Waals surface area contributed by atoms with E-state index in [4.69, 9.17) is 14.9 Å². The van der Waals surface area contributed by atoms with Gasteiger partial charge in [-0.3, -0.25) is 9.36 Å². The Hall–Kier alpha value is -0.0300. The van der Waals surface area contributed by atoms with E-state index in [-0.39, 0.29) is 5.75 Å². The van der Waals surface area contributed by atoms with Gasteiger partial charge in [-0.05, 0) is 0 Å². The van der Waals surface area contributed by atoms with Crippen molar-refractivity contribution in [2.45, 2.75) is 0 Å². The Labute approximate surface area is 61.6 Å². The SMILES string of the molecule is O=C(O)CSCP(=O)(O)O. The summed E-state index contributed by atoms with van der Waals surface area (Å²) in [5.74, 6) is -1.34. The van der Waals surface area contributed by atoms with Crippen LogP contribution in [0.2, 0.25) is 0 Å². The molecule has 0 aromatic rings. The Bertz CT molecular complexity index is 162. The van der Waals surface area contributed by atoms with Crippen molar-refractivity contribution in [2.75, 3.05) is 11.2 Å². The van der Waals surface area contributed by atoms with Crippen LogP contribution in [0.3, 0.4) is 0 Å². The smallest absolute Gasteiger partial charge is 0.335 e. The predicted molar refractivity (Wildman–Crippen MR) is 37.0 cm³/mol. The van der Waals surface area contributed by atoms with Crippen molar-refractivity contribution in [3.05, 3.63) is 0 Å². The van der Waals surface area contributed by atoms with Crippen LogP contribution in [-0.2, 0) is 9.36 Å². The van der Waals surface area contributed by atoms with Gasteiger partial charge in [0.25, 0.3) is 0 Å². The number of carboxylic acids is 1. The molecule has 0 fully saturated rings. The molecule has 60 valence electrons. The topological polar surface area (TPSA) is 94.8 Å². The normalized spacial score (nSPS) is 11.4. The largest absolute Gasteiger partial charge is 0.481 e. The van der Waals surface area contributed by atoms with Crippen LogP contribution in [0.1, 0.15) is 0 Å². The van der Waals surface area contributed by atoms with E-state index in [0.717, 1.165) is 0 Å². The second-order valence-electron chi connectivity index (χ2n) is 1.54. The average molecular weight is 186 g/mol. The molecule has 0 aliphatic heterocycles. The van der Waals surface area contributed by atoms with E-state index in [2.05, 4.69) is 0 Å². The molecule has 0 amide bonds. The predicted octanol–water partition coefficient (Wildman–Crippen LogP) is -0.0606. The molecule has 7 heteroatoms. The first-order valence-corrected chi connectivity index (χ1v) is 5.21. The molecule has 0 saturated heterocycles. The van der Waals surface area contributed by atoms with Crippen molar-refractivity contribution in [2.24, 2.45) is 0 Å². The minimum absolute atomic E-state index is 0.273. The van der Waals surface area contributed by atoms with E-state index >= 15 is 0 Å². The van der Waals surface area contributed by atoms with E-state index in [1.165, 1.54) is 0 Å². The number of hydrogen-bond acceptors (Lipinski definition) is 3. The van der Waals surface area contributed by atoms with Crippen LogP contribution in [0.5, 0.6) is 0 Å². The first-order valence-electron chi connectivity index (χ1n) is 2.26. The highest BCUT2D eigenvalue weighted by atomic mass is 32.2. The summed E-state index contributed by atoms with van der Waals surface area (Å²) in [6.07, 6.45) is 0. The van der Waals surface area contributed by atoms with Crippen LogP contribution < -0.4 is 0 Å². The fourth-order valence-electron chi connectivity index (χ4n) is 0.252. The molecular formula is C3H7O5PS. The van der Waals surface area contributed by atoms with Gasteiger partial charge in [0.1, 0.15) is 0 Å². The summed E-state index contributed by atoms with van der Waals surface area (Å²) in [7, 11) is -4.02.